The molecule has 2 fully saturated rings. The first kappa shape index (κ1) is 17.2. The molecule has 7 heteroatoms. The van der Waals surface area contributed by atoms with Crippen LogP contribution in [0.25, 0.3) is 0 Å². The Morgan fingerprint density at radius 1 is 1.31 bits per heavy atom. The monoisotopic (exact) mass is 355 g/mol. The molecule has 0 aliphatic carbocycles. The van der Waals surface area contributed by atoms with Crippen LogP contribution in [0.3, 0.4) is 0 Å². The lowest BCUT2D eigenvalue weighted by Crippen LogP contribution is -2.43. The molecule has 0 saturated carbocycles. The lowest BCUT2D eigenvalue weighted by Gasteiger charge is -2.39. The van der Waals surface area contributed by atoms with Crippen molar-refractivity contribution in [3.63, 3.8) is 0 Å². The van der Waals surface area contributed by atoms with Gasteiger partial charge in [0.1, 0.15) is 5.82 Å². The highest BCUT2D eigenvalue weighted by Gasteiger charge is 2.35. The van der Waals surface area contributed by atoms with Gasteiger partial charge in [0, 0.05) is 56.7 Å². The van der Waals surface area contributed by atoms with Crippen molar-refractivity contribution >= 4 is 11.8 Å². The number of nitrogens with one attached hydrogen (secondary N) is 1. The number of rotatable bonds is 4. The fraction of sp³-hybridized carbons (Fsp3) is 0.526. The minimum atomic E-state index is -0.814. The molecule has 0 bridgehead atoms. The maximum atomic E-state index is 11.0. The average molecular weight is 355 g/mol. The number of pyridine rings is 1. The third kappa shape index (κ3) is 3.37. The second-order valence-corrected chi connectivity index (χ2v) is 7.05. The normalized spacial score (nSPS) is 22.4. The Hall–Kier alpha value is -2.25. The van der Waals surface area contributed by atoms with Crippen molar-refractivity contribution in [2.24, 2.45) is 0 Å². The number of ether oxygens (including phenoxy) is 1. The lowest BCUT2D eigenvalue weighted by atomic mass is 9.85. The van der Waals surface area contributed by atoms with E-state index < -0.39 is 5.60 Å². The topological polar surface area (TPSA) is 83.4 Å². The van der Waals surface area contributed by atoms with Crippen LogP contribution in [0.2, 0.25) is 0 Å². The molecular weight excluding hydrogens is 330 g/mol. The van der Waals surface area contributed by atoms with Crippen molar-refractivity contribution in [1.29, 1.82) is 0 Å². The molecule has 0 radical (unpaired) electrons. The molecule has 4 rings (SSSR count). The van der Waals surface area contributed by atoms with Gasteiger partial charge in [-0.1, -0.05) is 6.07 Å². The van der Waals surface area contributed by atoms with Crippen LogP contribution < -0.4 is 10.2 Å². The predicted octanol–water partition coefficient (Wildman–Crippen LogP) is 1.91. The summed E-state index contributed by atoms with van der Waals surface area (Å²) in [4.78, 5) is 15.6. The molecule has 2 aromatic heterocycles. The molecule has 4 heterocycles. The summed E-state index contributed by atoms with van der Waals surface area (Å²) in [6.07, 6.45) is 5.80. The van der Waals surface area contributed by atoms with Gasteiger partial charge in [-0.3, -0.25) is 4.98 Å². The van der Waals surface area contributed by atoms with Crippen molar-refractivity contribution in [2.75, 3.05) is 43.6 Å². The summed E-state index contributed by atoms with van der Waals surface area (Å²) in [7, 11) is 1.84. The number of aromatic nitrogens is 3. The molecule has 138 valence electrons. The molecule has 1 atom stereocenters. The molecular formula is C19H25N5O2. The minimum absolute atomic E-state index is 0.334. The second-order valence-electron chi connectivity index (χ2n) is 7.05. The van der Waals surface area contributed by atoms with Crippen LogP contribution in [0.15, 0.2) is 30.6 Å². The highest BCUT2D eigenvalue weighted by Crippen LogP contribution is 2.34. The first-order valence-corrected chi connectivity index (χ1v) is 9.20. The fourth-order valence-electron chi connectivity index (χ4n) is 3.74. The van der Waals surface area contributed by atoms with E-state index in [9.17, 15) is 5.11 Å². The summed E-state index contributed by atoms with van der Waals surface area (Å²) in [6, 6.07) is 5.90. The number of aliphatic hydroxyl groups is 1. The molecule has 2 aliphatic rings. The van der Waals surface area contributed by atoms with Crippen LogP contribution in [-0.2, 0) is 10.3 Å². The summed E-state index contributed by atoms with van der Waals surface area (Å²) in [6.45, 7) is 3.00. The van der Waals surface area contributed by atoms with Gasteiger partial charge in [-0.2, -0.15) is 4.98 Å². The Bertz CT molecular complexity index is 741. The number of anilines is 2. The van der Waals surface area contributed by atoms with Gasteiger partial charge in [-0.05, 0) is 25.3 Å². The Kier molecular flexibility index (Phi) is 4.74. The van der Waals surface area contributed by atoms with E-state index in [1.54, 1.807) is 12.4 Å². The van der Waals surface area contributed by atoms with Gasteiger partial charge < -0.3 is 20.1 Å². The standard InChI is InChI=1S/C19H25N5O2/c1-20-18-22-16(14-4-10-26-13-14)11-17(23-18)24-8-5-19(25,6-9-24)15-3-2-7-21-12-15/h2-3,7,11-12,14,25H,4-6,8-10,13H2,1H3,(H,20,22,23)/t14-/m0/s1. The Morgan fingerprint density at radius 3 is 2.81 bits per heavy atom. The first-order chi connectivity index (χ1) is 12.7. The van der Waals surface area contributed by atoms with Gasteiger partial charge in [-0.25, -0.2) is 4.98 Å². The molecule has 2 aromatic rings. The lowest BCUT2D eigenvalue weighted by molar-refractivity contribution is 0.0113. The van der Waals surface area contributed by atoms with E-state index in [2.05, 4.69) is 31.2 Å². The zero-order valence-electron chi connectivity index (χ0n) is 15.1. The van der Waals surface area contributed by atoms with E-state index in [0.29, 0.717) is 24.7 Å². The highest BCUT2D eigenvalue weighted by atomic mass is 16.5. The van der Waals surface area contributed by atoms with E-state index >= 15 is 0 Å². The zero-order valence-corrected chi connectivity index (χ0v) is 15.1. The fourth-order valence-corrected chi connectivity index (χ4v) is 3.74. The maximum absolute atomic E-state index is 11.0. The number of hydrogen-bond donors (Lipinski definition) is 2. The van der Waals surface area contributed by atoms with Crippen molar-refractivity contribution in [1.82, 2.24) is 15.0 Å². The quantitative estimate of drug-likeness (QED) is 0.867. The summed E-state index contributed by atoms with van der Waals surface area (Å²) in [5, 5.41) is 14.1. The number of hydrogen-bond acceptors (Lipinski definition) is 7. The summed E-state index contributed by atoms with van der Waals surface area (Å²) >= 11 is 0. The third-order valence-electron chi connectivity index (χ3n) is 5.42. The van der Waals surface area contributed by atoms with Gasteiger partial charge in [0.2, 0.25) is 5.95 Å². The molecule has 2 saturated heterocycles. The Labute approximate surface area is 153 Å². The van der Waals surface area contributed by atoms with Gasteiger partial charge in [0.15, 0.2) is 0 Å². The molecule has 0 amide bonds. The van der Waals surface area contributed by atoms with Crippen LogP contribution in [0.4, 0.5) is 11.8 Å². The zero-order chi connectivity index (χ0) is 18.0. The van der Waals surface area contributed by atoms with Crippen molar-refractivity contribution < 1.29 is 9.84 Å². The number of nitrogens with zero attached hydrogens (tertiary/aromatic N) is 4. The van der Waals surface area contributed by atoms with E-state index in [0.717, 1.165) is 49.8 Å². The summed E-state index contributed by atoms with van der Waals surface area (Å²) < 4.78 is 5.51. The Morgan fingerprint density at radius 2 is 2.15 bits per heavy atom. The van der Waals surface area contributed by atoms with E-state index in [4.69, 9.17) is 4.74 Å². The van der Waals surface area contributed by atoms with Crippen LogP contribution in [0.1, 0.15) is 36.4 Å². The highest BCUT2D eigenvalue weighted by molar-refractivity contribution is 5.46. The van der Waals surface area contributed by atoms with Crippen LogP contribution in [0, 0.1) is 0 Å². The van der Waals surface area contributed by atoms with Crippen LogP contribution in [0.5, 0.6) is 0 Å². The second kappa shape index (κ2) is 7.17. The molecule has 2 N–H and O–H groups in total. The molecule has 2 aliphatic heterocycles. The van der Waals surface area contributed by atoms with E-state index in [1.807, 2.05) is 19.2 Å². The van der Waals surface area contributed by atoms with Gasteiger partial charge in [0.25, 0.3) is 0 Å². The first-order valence-electron chi connectivity index (χ1n) is 9.20. The molecule has 0 spiro atoms. The largest absolute Gasteiger partial charge is 0.385 e. The molecule has 0 aromatic carbocycles. The van der Waals surface area contributed by atoms with Gasteiger partial charge in [0.05, 0.1) is 17.9 Å². The van der Waals surface area contributed by atoms with Crippen LogP contribution in [-0.4, -0.2) is 53.4 Å². The predicted molar refractivity (Wildman–Crippen MR) is 99.3 cm³/mol. The van der Waals surface area contributed by atoms with E-state index in [-0.39, 0.29) is 0 Å². The Balaban J connectivity index is 1.53. The molecule has 7 nitrogen and oxygen atoms in total. The van der Waals surface area contributed by atoms with Crippen molar-refractivity contribution in [2.45, 2.75) is 30.8 Å². The van der Waals surface area contributed by atoms with Crippen molar-refractivity contribution in [3.8, 4) is 0 Å². The van der Waals surface area contributed by atoms with Crippen LogP contribution >= 0.6 is 0 Å². The van der Waals surface area contributed by atoms with E-state index in [1.165, 1.54) is 0 Å². The third-order valence-corrected chi connectivity index (χ3v) is 5.42. The minimum Gasteiger partial charge on any atom is -0.385 e. The van der Waals surface area contributed by atoms with Crippen molar-refractivity contribution in [3.05, 3.63) is 41.9 Å². The molecule has 0 unspecified atom stereocenters. The smallest absolute Gasteiger partial charge is 0.224 e. The SMILES string of the molecule is CNc1nc([C@H]2CCOC2)cc(N2CCC(O)(c3cccnc3)CC2)n1. The summed E-state index contributed by atoms with van der Waals surface area (Å²) in [5.41, 5.74) is 1.11. The summed E-state index contributed by atoms with van der Waals surface area (Å²) in [5.74, 6) is 1.89. The van der Waals surface area contributed by atoms with Gasteiger partial charge >= 0.3 is 0 Å². The number of piperidine rings is 1. The maximum Gasteiger partial charge on any atom is 0.224 e. The molecule has 26 heavy (non-hydrogen) atoms. The average Bonchev–Trinajstić information content (AvgIpc) is 3.24. The van der Waals surface area contributed by atoms with Gasteiger partial charge in [-0.15, -0.1) is 0 Å².